The van der Waals surface area contributed by atoms with Crippen molar-refractivity contribution in [1.29, 1.82) is 0 Å². The van der Waals surface area contributed by atoms with Gasteiger partial charge in [-0.3, -0.25) is 19.8 Å². The first-order valence-electron chi connectivity index (χ1n) is 8.28. The van der Waals surface area contributed by atoms with Crippen LogP contribution in [0.25, 0.3) is 6.08 Å². The number of anilines is 1. The molecular weight excluding hydrogens is 400 g/mol. The van der Waals surface area contributed by atoms with E-state index in [-0.39, 0.29) is 11.6 Å². The number of rotatable bonds is 6. The third-order valence-electron chi connectivity index (χ3n) is 3.90. The molecule has 2 aromatic rings. The summed E-state index contributed by atoms with van der Waals surface area (Å²) in [6.07, 6.45) is 1.68. The number of para-hydroxylation sites is 1. The molecule has 1 saturated heterocycles. The molecule has 7 nitrogen and oxygen atoms in total. The van der Waals surface area contributed by atoms with Gasteiger partial charge in [-0.1, -0.05) is 42.2 Å². The second-order valence-electron chi connectivity index (χ2n) is 5.61. The number of thiocarbonyl (C=S) groups is 1. The molecule has 2 aromatic carbocycles. The van der Waals surface area contributed by atoms with E-state index in [0.717, 1.165) is 11.8 Å². The van der Waals surface area contributed by atoms with Gasteiger partial charge in [-0.25, -0.2) is 0 Å². The van der Waals surface area contributed by atoms with E-state index in [1.807, 2.05) is 13.0 Å². The second kappa shape index (κ2) is 8.41. The highest BCUT2D eigenvalue weighted by Gasteiger charge is 2.34. The van der Waals surface area contributed by atoms with Gasteiger partial charge in [0.1, 0.15) is 0 Å². The molecule has 0 saturated carbocycles. The molecule has 1 aliphatic rings. The molecule has 144 valence electrons. The zero-order valence-electron chi connectivity index (χ0n) is 15.1. The van der Waals surface area contributed by atoms with Crippen molar-refractivity contribution < 1.29 is 19.2 Å². The molecule has 1 amide bonds. The number of hydrogen-bond acceptors (Lipinski definition) is 7. The van der Waals surface area contributed by atoms with E-state index < -0.39 is 4.92 Å². The standard InChI is InChI=1S/C19H16N2O5S2/c1-3-26-17-12(6-4-9-15(17)25-2)10-16-18(22)20(19(27)28-16)13-7-5-8-14(11-13)21(23)24/h4-11H,3H2,1-2H3/b16-10-. The van der Waals surface area contributed by atoms with Crippen LogP contribution in [0.5, 0.6) is 11.5 Å². The summed E-state index contributed by atoms with van der Waals surface area (Å²) in [6.45, 7) is 2.30. The molecule has 3 rings (SSSR count). The Morgan fingerprint density at radius 1 is 1.29 bits per heavy atom. The Bertz CT molecular complexity index is 990. The molecule has 9 heteroatoms. The Kier molecular flexibility index (Phi) is 5.96. The number of benzene rings is 2. The molecule has 1 aliphatic heterocycles. The highest BCUT2D eigenvalue weighted by molar-refractivity contribution is 8.27. The van der Waals surface area contributed by atoms with Crippen molar-refractivity contribution in [2.45, 2.75) is 6.92 Å². The lowest BCUT2D eigenvalue weighted by Crippen LogP contribution is -2.27. The van der Waals surface area contributed by atoms with Crippen molar-refractivity contribution in [2.75, 3.05) is 18.6 Å². The van der Waals surface area contributed by atoms with E-state index in [9.17, 15) is 14.9 Å². The van der Waals surface area contributed by atoms with E-state index >= 15 is 0 Å². The van der Waals surface area contributed by atoms with Gasteiger partial charge in [-0.05, 0) is 25.1 Å². The number of thioether (sulfide) groups is 1. The summed E-state index contributed by atoms with van der Waals surface area (Å²) >= 11 is 6.46. The van der Waals surface area contributed by atoms with Crippen molar-refractivity contribution in [2.24, 2.45) is 0 Å². The van der Waals surface area contributed by atoms with Crippen molar-refractivity contribution in [1.82, 2.24) is 0 Å². The van der Waals surface area contributed by atoms with Crippen molar-refractivity contribution >= 4 is 51.7 Å². The number of amides is 1. The molecule has 0 unspecified atom stereocenters. The number of non-ortho nitro benzene ring substituents is 1. The van der Waals surface area contributed by atoms with Crippen LogP contribution in [0.2, 0.25) is 0 Å². The van der Waals surface area contributed by atoms with Gasteiger partial charge < -0.3 is 9.47 Å². The number of nitro benzene ring substituents is 1. The van der Waals surface area contributed by atoms with E-state index in [0.29, 0.717) is 38.6 Å². The second-order valence-corrected chi connectivity index (χ2v) is 7.28. The number of nitrogens with zero attached hydrogens (tertiary/aromatic N) is 2. The fourth-order valence-corrected chi connectivity index (χ4v) is 3.97. The maximum atomic E-state index is 12.9. The number of nitro groups is 1. The van der Waals surface area contributed by atoms with Gasteiger partial charge >= 0.3 is 0 Å². The first-order valence-corrected chi connectivity index (χ1v) is 9.51. The largest absolute Gasteiger partial charge is 0.493 e. The summed E-state index contributed by atoms with van der Waals surface area (Å²) in [4.78, 5) is 25.1. The highest BCUT2D eigenvalue weighted by atomic mass is 32.2. The number of carbonyl (C=O) groups is 1. The smallest absolute Gasteiger partial charge is 0.271 e. The number of carbonyl (C=O) groups excluding carboxylic acids is 1. The van der Waals surface area contributed by atoms with E-state index in [1.54, 1.807) is 31.4 Å². The third-order valence-corrected chi connectivity index (χ3v) is 5.20. The fourth-order valence-electron chi connectivity index (χ4n) is 2.68. The third kappa shape index (κ3) is 3.85. The summed E-state index contributed by atoms with van der Waals surface area (Å²) in [5.41, 5.74) is 0.929. The maximum Gasteiger partial charge on any atom is 0.271 e. The van der Waals surface area contributed by atoms with Gasteiger partial charge in [0.25, 0.3) is 11.6 Å². The predicted octanol–water partition coefficient (Wildman–Crippen LogP) is 4.41. The quantitative estimate of drug-likeness (QED) is 0.299. The van der Waals surface area contributed by atoms with Crippen LogP contribution in [0.3, 0.4) is 0 Å². The minimum atomic E-state index is -0.512. The van der Waals surface area contributed by atoms with Crippen LogP contribution in [0.1, 0.15) is 12.5 Å². The summed E-state index contributed by atoms with van der Waals surface area (Å²) in [6, 6.07) is 11.2. The molecule has 0 N–H and O–H groups in total. The fraction of sp³-hybridized carbons (Fsp3) is 0.158. The number of methoxy groups -OCH3 is 1. The Morgan fingerprint density at radius 3 is 2.71 bits per heavy atom. The normalized spacial score (nSPS) is 15.2. The van der Waals surface area contributed by atoms with Gasteiger partial charge in [0.2, 0.25) is 0 Å². The lowest BCUT2D eigenvalue weighted by molar-refractivity contribution is -0.384. The number of ether oxygens (including phenoxy) is 2. The van der Waals surface area contributed by atoms with Gasteiger partial charge in [-0.15, -0.1) is 0 Å². The summed E-state index contributed by atoms with van der Waals surface area (Å²) in [7, 11) is 1.55. The SMILES string of the molecule is CCOc1c(/C=C2\SC(=S)N(c3cccc([N+](=O)[O-])c3)C2=O)cccc1OC. The summed E-state index contributed by atoms with van der Waals surface area (Å²) < 4.78 is 11.3. The Morgan fingerprint density at radius 2 is 2.04 bits per heavy atom. The Hall–Kier alpha value is -2.91. The topological polar surface area (TPSA) is 81.9 Å². The lowest BCUT2D eigenvalue weighted by Gasteiger charge is -2.14. The first-order chi connectivity index (χ1) is 13.5. The molecular formula is C19H16N2O5S2. The summed E-state index contributed by atoms with van der Waals surface area (Å²) in [5.74, 6) is 0.749. The van der Waals surface area contributed by atoms with Crippen LogP contribution in [-0.4, -0.2) is 28.9 Å². The molecule has 0 aliphatic carbocycles. The molecule has 28 heavy (non-hydrogen) atoms. The van der Waals surface area contributed by atoms with E-state index in [2.05, 4.69) is 0 Å². The van der Waals surface area contributed by atoms with Gasteiger partial charge in [0.05, 0.1) is 29.2 Å². The zero-order chi connectivity index (χ0) is 20.3. The molecule has 1 fully saturated rings. The lowest BCUT2D eigenvalue weighted by atomic mass is 10.1. The molecule has 0 spiro atoms. The molecule has 0 atom stereocenters. The van der Waals surface area contributed by atoms with Gasteiger partial charge in [-0.2, -0.15) is 0 Å². The Balaban J connectivity index is 1.98. The Labute approximate surface area is 171 Å². The van der Waals surface area contributed by atoms with Gasteiger partial charge in [0.15, 0.2) is 15.8 Å². The van der Waals surface area contributed by atoms with Crippen molar-refractivity contribution in [3.63, 3.8) is 0 Å². The van der Waals surface area contributed by atoms with E-state index in [4.69, 9.17) is 21.7 Å². The molecule has 0 bridgehead atoms. The van der Waals surface area contributed by atoms with E-state index in [1.165, 1.54) is 23.1 Å². The average Bonchev–Trinajstić information content (AvgIpc) is 2.96. The highest BCUT2D eigenvalue weighted by Crippen LogP contribution is 2.39. The zero-order valence-corrected chi connectivity index (χ0v) is 16.7. The van der Waals surface area contributed by atoms with Crippen molar-refractivity contribution in [3.8, 4) is 11.5 Å². The minimum Gasteiger partial charge on any atom is -0.493 e. The van der Waals surface area contributed by atoms with Crippen LogP contribution in [-0.2, 0) is 4.79 Å². The van der Waals surface area contributed by atoms with Crippen molar-refractivity contribution in [3.05, 3.63) is 63.0 Å². The van der Waals surface area contributed by atoms with Crippen LogP contribution in [0.4, 0.5) is 11.4 Å². The van der Waals surface area contributed by atoms with Crippen LogP contribution in [0, 0.1) is 10.1 Å². The maximum absolute atomic E-state index is 12.9. The summed E-state index contributed by atoms with van der Waals surface area (Å²) in [5, 5.41) is 11.0. The minimum absolute atomic E-state index is 0.109. The molecule has 0 radical (unpaired) electrons. The predicted molar refractivity (Wildman–Crippen MR) is 113 cm³/mol. The van der Waals surface area contributed by atoms with Crippen LogP contribution >= 0.6 is 24.0 Å². The average molecular weight is 416 g/mol. The van der Waals surface area contributed by atoms with Gasteiger partial charge in [0, 0.05) is 17.7 Å². The molecule has 0 aromatic heterocycles. The number of hydrogen-bond donors (Lipinski definition) is 0. The van der Waals surface area contributed by atoms with Crippen LogP contribution < -0.4 is 14.4 Å². The van der Waals surface area contributed by atoms with Crippen LogP contribution in [0.15, 0.2) is 47.4 Å². The molecule has 1 heterocycles. The monoisotopic (exact) mass is 416 g/mol. The first kappa shape index (κ1) is 19.8.